The Morgan fingerprint density at radius 2 is 1.87 bits per heavy atom. The largest absolute Gasteiger partial charge is 0.584 e. The second kappa shape index (κ2) is 6.19. The molecule has 23 heavy (non-hydrogen) atoms. The lowest BCUT2D eigenvalue weighted by Gasteiger charge is -2.28. The molecule has 0 amide bonds. The van der Waals surface area contributed by atoms with Crippen LogP contribution in [-0.4, -0.2) is 47.2 Å². The van der Waals surface area contributed by atoms with Crippen LogP contribution in [0.15, 0.2) is 0 Å². The predicted octanol–water partition coefficient (Wildman–Crippen LogP) is -2.46. The molecule has 0 aromatic rings. The molecule has 2 fully saturated rings. The smallest absolute Gasteiger partial charge is 0.445 e. The molecule has 0 aliphatic carbocycles. The zero-order valence-electron chi connectivity index (χ0n) is 10.9. The van der Waals surface area contributed by atoms with Crippen LogP contribution in [0, 0.1) is 0 Å². The number of esters is 1. The van der Waals surface area contributed by atoms with Crippen molar-refractivity contribution < 1.29 is 62.3 Å². The summed E-state index contributed by atoms with van der Waals surface area (Å²) < 4.78 is 28.0. The molecule has 0 spiro atoms. The van der Waals surface area contributed by atoms with Gasteiger partial charge in [-0.1, -0.05) is 14.0 Å². The van der Waals surface area contributed by atoms with Gasteiger partial charge in [0.2, 0.25) is 11.7 Å². The normalized spacial score (nSPS) is 34.7. The van der Waals surface area contributed by atoms with E-state index in [0.29, 0.717) is 0 Å². The van der Waals surface area contributed by atoms with Crippen molar-refractivity contribution in [2.75, 3.05) is 6.54 Å². The Labute approximate surface area is 125 Å². The number of hydrogen-bond acceptors (Lipinski definition) is 14. The van der Waals surface area contributed by atoms with Crippen molar-refractivity contribution in [1.82, 2.24) is 0 Å². The lowest BCUT2D eigenvalue weighted by molar-refractivity contribution is -0.293. The van der Waals surface area contributed by atoms with E-state index in [1.165, 1.54) is 0 Å². The zero-order valence-corrected chi connectivity index (χ0v) is 11.8. The average Bonchev–Trinajstić information content (AvgIpc) is 2.57. The van der Waals surface area contributed by atoms with Crippen molar-refractivity contribution in [1.29, 1.82) is 0 Å². The highest BCUT2D eigenvalue weighted by Crippen LogP contribution is 2.52. The van der Waals surface area contributed by atoms with Gasteiger partial charge < -0.3 is 15.6 Å². The molecule has 2 heterocycles. The number of phosphoric acid groups is 1. The van der Waals surface area contributed by atoms with Crippen molar-refractivity contribution in [3.8, 4) is 0 Å². The Kier molecular flexibility index (Phi) is 4.65. The first-order chi connectivity index (χ1) is 10.7. The summed E-state index contributed by atoms with van der Waals surface area (Å²) in [6.07, 6.45) is -3.78. The molecule has 15 heteroatoms. The topological polar surface area (TPSA) is 196 Å². The molecule has 3 atom stereocenters. The van der Waals surface area contributed by atoms with Crippen molar-refractivity contribution >= 4 is 31.7 Å². The van der Waals surface area contributed by atoms with Crippen LogP contribution in [0.3, 0.4) is 0 Å². The third-order valence-corrected chi connectivity index (χ3v) is 3.24. The van der Waals surface area contributed by atoms with Gasteiger partial charge in [0.15, 0.2) is 0 Å². The number of carbonyl (C=O) groups is 4. The van der Waals surface area contributed by atoms with E-state index in [-0.39, 0.29) is 0 Å². The highest BCUT2D eigenvalue weighted by atomic mass is 31.2. The third-order valence-electron chi connectivity index (χ3n) is 2.47. The fourth-order valence-electron chi connectivity index (χ4n) is 1.44. The molecule has 2 aliphatic rings. The molecule has 2 bridgehead atoms. The minimum Gasteiger partial charge on any atom is -0.445 e. The lowest BCUT2D eigenvalue weighted by Crippen LogP contribution is -2.57. The fourth-order valence-corrected chi connectivity index (χ4v) is 2.02. The van der Waals surface area contributed by atoms with Crippen LogP contribution in [-0.2, 0) is 57.2 Å². The molecule has 2 aliphatic heterocycles. The second-order valence-corrected chi connectivity index (χ2v) is 5.42. The van der Waals surface area contributed by atoms with Gasteiger partial charge in [-0.05, 0) is 0 Å². The number of ether oxygens (including phenoxy) is 1. The van der Waals surface area contributed by atoms with Crippen LogP contribution in [0.4, 0.5) is 0 Å². The second-order valence-electron chi connectivity index (χ2n) is 4.07. The minimum atomic E-state index is -5.02. The lowest BCUT2D eigenvalue weighted by atomic mass is 9.92. The molecule has 128 valence electrons. The summed E-state index contributed by atoms with van der Waals surface area (Å²) in [4.78, 5) is 58.3. The molecular weight excluding hydrogens is 349 g/mol. The van der Waals surface area contributed by atoms with Gasteiger partial charge in [0, 0.05) is 0 Å². The molecule has 0 aromatic carbocycles. The molecule has 2 rings (SSSR count). The zero-order chi connectivity index (χ0) is 17.3. The SMILES string of the molecule is NCC(=O)OC1C(=O)OOP2(=O)OOC(=O)CC1(O)C(=O)OO2. The van der Waals surface area contributed by atoms with Crippen LogP contribution in [0.25, 0.3) is 0 Å². The number of rotatable bonds is 2. The predicted molar refractivity (Wildman–Crippen MR) is 57.6 cm³/mol. The maximum atomic E-state index is 11.9. The minimum absolute atomic E-state index is 0.752. The third kappa shape index (κ3) is 3.47. The van der Waals surface area contributed by atoms with Gasteiger partial charge in [0.25, 0.3) is 0 Å². The first kappa shape index (κ1) is 17.3. The van der Waals surface area contributed by atoms with Crippen LogP contribution in [0.2, 0.25) is 0 Å². The molecule has 3 unspecified atom stereocenters. The van der Waals surface area contributed by atoms with E-state index >= 15 is 0 Å². The van der Waals surface area contributed by atoms with Gasteiger partial charge in [-0.3, -0.25) is 19.5 Å². The Bertz CT molecular complexity index is 603. The number of nitrogens with two attached hydrogens (primary N) is 1. The number of hydrogen-bond donors (Lipinski definition) is 2. The summed E-state index contributed by atoms with van der Waals surface area (Å²) in [5, 5.41) is 10.3. The quantitative estimate of drug-likeness (QED) is 0.299. The van der Waals surface area contributed by atoms with Gasteiger partial charge in [0.05, 0.1) is 13.0 Å². The van der Waals surface area contributed by atoms with E-state index in [4.69, 9.17) is 5.73 Å². The van der Waals surface area contributed by atoms with Crippen molar-refractivity contribution in [3.63, 3.8) is 0 Å². The van der Waals surface area contributed by atoms with Crippen molar-refractivity contribution in [2.24, 2.45) is 5.73 Å². The van der Waals surface area contributed by atoms with Crippen LogP contribution < -0.4 is 5.73 Å². The Morgan fingerprint density at radius 1 is 1.26 bits per heavy atom. The van der Waals surface area contributed by atoms with Crippen LogP contribution in [0.1, 0.15) is 6.42 Å². The van der Waals surface area contributed by atoms with E-state index in [1.54, 1.807) is 0 Å². The molecule has 2 saturated heterocycles. The van der Waals surface area contributed by atoms with Gasteiger partial charge in [-0.25, -0.2) is 18.9 Å². The summed E-state index contributed by atoms with van der Waals surface area (Å²) in [7, 11) is -5.02. The van der Waals surface area contributed by atoms with E-state index in [1.807, 2.05) is 0 Å². The summed E-state index contributed by atoms with van der Waals surface area (Å²) in [6.45, 7) is -0.752. The van der Waals surface area contributed by atoms with Gasteiger partial charge >= 0.3 is 31.7 Å². The Morgan fingerprint density at radius 3 is 2.52 bits per heavy atom. The number of carbonyl (C=O) groups excluding carboxylic acids is 4. The molecular formula is C8H8NO13P. The maximum Gasteiger partial charge on any atom is 0.584 e. The summed E-state index contributed by atoms with van der Waals surface area (Å²) in [5.41, 5.74) is 1.82. The first-order valence-corrected chi connectivity index (χ1v) is 7.08. The highest BCUT2D eigenvalue weighted by molar-refractivity contribution is 7.48. The van der Waals surface area contributed by atoms with Gasteiger partial charge in [-0.2, -0.15) is 0 Å². The highest BCUT2D eigenvalue weighted by Gasteiger charge is 2.59. The van der Waals surface area contributed by atoms with Gasteiger partial charge in [-0.15, -0.1) is 0 Å². The summed E-state index contributed by atoms with van der Waals surface area (Å²) in [6, 6.07) is 0. The van der Waals surface area contributed by atoms with Crippen LogP contribution in [0.5, 0.6) is 0 Å². The number of fused-ring (bicyclic) bond motifs is 4. The summed E-state index contributed by atoms with van der Waals surface area (Å²) >= 11 is 0. The van der Waals surface area contributed by atoms with E-state index < -0.39 is 56.4 Å². The molecule has 3 N–H and O–H groups in total. The van der Waals surface area contributed by atoms with Gasteiger partial charge in [0.1, 0.15) is 0 Å². The summed E-state index contributed by atoms with van der Waals surface area (Å²) in [5.74, 6) is -6.32. The molecule has 0 saturated carbocycles. The number of aliphatic hydroxyl groups is 1. The standard InChI is InChI=1S/C8H8NO13P/c9-2-4(11)16-5-6(12)18-21-23(15)20-17-3(10)1-8(5,14)7(13)19-22-23/h5,14H,1-2,9H2. The average molecular weight is 357 g/mol. The maximum absolute atomic E-state index is 11.9. The monoisotopic (exact) mass is 357 g/mol. The van der Waals surface area contributed by atoms with Crippen LogP contribution >= 0.6 is 7.82 Å². The fraction of sp³-hybridized carbons (Fsp3) is 0.500. The van der Waals surface area contributed by atoms with Crippen molar-refractivity contribution in [3.05, 3.63) is 0 Å². The first-order valence-electron chi connectivity index (χ1n) is 5.62. The van der Waals surface area contributed by atoms with E-state index in [2.05, 4.69) is 33.4 Å². The van der Waals surface area contributed by atoms with E-state index in [0.717, 1.165) is 0 Å². The van der Waals surface area contributed by atoms with E-state index in [9.17, 15) is 28.8 Å². The Balaban J connectivity index is 2.50. The molecule has 14 nitrogen and oxygen atoms in total. The van der Waals surface area contributed by atoms with Crippen molar-refractivity contribution in [2.45, 2.75) is 18.1 Å². The molecule has 0 radical (unpaired) electrons. The Hall–Kier alpha value is -2.09. The molecule has 0 aromatic heterocycles.